The summed E-state index contributed by atoms with van der Waals surface area (Å²) in [6, 6.07) is 13.9. The van der Waals surface area contributed by atoms with Crippen molar-refractivity contribution in [1.29, 1.82) is 0 Å². The van der Waals surface area contributed by atoms with Crippen molar-refractivity contribution < 1.29 is 28.5 Å². The Bertz CT molecular complexity index is 783. The quantitative estimate of drug-likeness (QED) is 0.170. The summed E-state index contributed by atoms with van der Waals surface area (Å²) in [5, 5.41) is 0. The fourth-order valence-corrected chi connectivity index (χ4v) is 2.74. The van der Waals surface area contributed by atoms with Crippen LogP contribution in [0.15, 0.2) is 55.1 Å². The molecule has 2 aromatic rings. The number of carbonyl (C=O) groups is 1. The van der Waals surface area contributed by atoms with Crippen LogP contribution in [0.4, 0.5) is 0 Å². The molecule has 2 rings (SSSR count). The number of ether oxygens (including phenoxy) is 5. The van der Waals surface area contributed by atoms with Crippen LogP contribution in [-0.2, 0) is 14.2 Å². The molecule has 0 saturated carbocycles. The first kappa shape index (κ1) is 24.4. The number of unbranched alkanes of at least 4 members (excludes halogenated alkanes) is 2. The van der Waals surface area contributed by atoms with Crippen molar-refractivity contribution in [1.82, 2.24) is 0 Å². The molecule has 2 aromatic carbocycles. The maximum absolute atomic E-state index is 12.3. The average molecular weight is 429 g/mol. The zero-order valence-corrected chi connectivity index (χ0v) is 18.4. The van der Waals surface area contributed by atoms with Gasteiger partial charge in [-0.1, -0.05) is 18.7 Å². The molecule has 168 valence electrons. The van der Waals surface area contributed by atoms with Crippen LogP contribution in [0.25, 0.3) is 5.76 Å². The highest BCUT2D eigenvalue weighted by Gasteiger charge is 2.10. The minimum absolute atomic E-state index is 0.425. The van der Waals surface area contributed by atoms with Crippen LogP contribution in [0.1, 0.15) is 41.6 Å². The van der Waals surface area contributed by atoms with Gasteiger partial charge in [-0.05, 0) is 62.1 Å². The van der Waals surface area contributed by atoms with Crippen LogP contribution in [-0.4, -0.2) is 46.6 Å². The second kappa shape index (κ2) is 14.2. The second-order valence-corrected chi connectivity index (χ2v) is 6.93. The van der Waals surface area contributed by atoms with E-state index < -0.39 is 5.97 Å². The van der Waals surface area contributed by atoms with Gasteiger partial charge in [-0.3, -0.25) is 0 Å². The molecule has 0 N–H and O–H groups in total. The molecule has 0 bridgehead atoms. The van der Waals surface area contributed by atoms with Gasteiger partial charge in [0.25, 0.3) is 0 Å². The van der Waals surface area contributed by atoms with Crippen LogP contribution in [0.5, 0.6) is 11.5 Å². The number of rotatable bonds is 15. The molecule has 0 aliphatic carbocycles. The molecule has 0 aliphatic heterocycles. The fraction of sp³-hybridized carbons (Fsp3) is 0.400. The molecule has 0 spiro atoms. The van der Waals surface area contributed by atoms with Crippen molar-refractivity contribution >= 4 is 11.7 Å². The maximum Gasteiger partial charge on any atom is 0.343 e. The van der Waals surface area contributed by atoms with Crippen LogP contribution in [0, 0.1) is 0 Å². The Morgan fingerprint density at radius 1 is 0.742 bits per heavy atom. The van der Waals surface area contributed by atoms with Crippen LogP contribution >= 0.6 is 0 Å². The summed E-state index contributed by atoms with van der Waals surface area (Å²) in [4.78, 5) is 12.3. The number of methoxy groups -OCH3 is 2. The van der Waals surface area contributed by atoms with Gasteiger partial charge in [-0.15, -0.1) is 0 Å². The van der Waals surface area contributed by atoms with Crippen molar-refractivity contribution in [3.05, 3.63) is 66.2 Å². The minimum atomic E-state index is -0.425. The van der Waals surface area contributed by atoms with Gasteiger partial charge in [-0.2, -0.15) is 0 Å². The first-order chi connectivity index (χ1) is 15.1. The van der Waals surface area contributed by atoms with Gasteiger partial charge in [0, 0.05) is 32.5 Å². The molecule has 0 saturated heterocycles. The van der Waals surface area contributed by atoms with Crippen molar-refractivity contribution in [2.24, 2.45) is 0 Å². The molecule has 0 heterocycles. The molecule has 6 nitrogen and oxygen atoms in total. The monoisotopic (exact) mass is 428 g/mol. The van der Waals surface area contributed by atoms with Gasteiger partial charge < -0.3 is 23.7 Å². The highest BCUT2D eigenvalue weighted by atomic mass is 16.5. The molecule has 0 fully saturated rings. The normalized spacial score (nSPS) is 10.5. The molecule has 0 aliphatic rings. The van der Waals surface area contributed by atoms with Gasteiger partial charge in [0.05, 0.1) is 19.3 Å². The van der Waals surface area contributed by atoms with E-state index in [4.69, 9.17) is 23.7 Å². The topological polar surface area (TPSA) is 63.2 Å². The van der Waals surface area contributed by atoms with E-state index in [0.29, 0.717) is 29.4 Å². The molecule has 6 heteroatoms. The Morgan fingerprint density at radius 2 is 1.29 bits per heavy atom. The lowest BCUT2D eigenvalue weighted by atomic mass is 10.1. The largest absolute Gasteiger partial charge is 0.497 e. The molecule has 0 aromatic heterocycles. The number of hydrogen-bond donors (Lipinski definition) is 0. The predicted octanol–water partition coefficient (Wildman–Crippen LogP) is 5.13. The summed E-state index contributed by atoms with van der Waals surface area (Å²) in [7, 11) is 3.29. The van der Waals surface area contributed by atoms with E-state index in [1.54, 1.807) is 62.8 Å². The molecule has 0 unspecified atom stereocenters. The van der Waals surface area contributed by atoms with Crippen LogP contribution in [0.2, 0.25) is 0 Å². The second-order valence-electron chi connectivity index (χ2n) is 6.93. The number of benzene rings is 2. The Balaban J connectivity index is 1.66. The average Bonchev–Trinajstić information content (AvgIpc) is 2.80. The molecule has 0 amide bonds. The standard InChI is InChI=1S/C25H32O6/c1-20(30-19-7-6-18-29-17-5-4-16-27-2)21-8-10-22(11-9-21)25(26)31-24-14-12-23(28-3)13-15-24/h8-15H,1,4-7,16-19H2,2-3H3. The lowest BCUT2D eigenvalue weighted by Crippen LogP contribution is -2.08. The first-order valence-electron chi connectivity index (χ1n) is 10.5. The van der Waals surface area contributed by atoms with Gasteiger partial charge in [-0.25, -0.2) is 4.79 Å². The van der Waals surface area contributed by atoms with Gasteiger partial charge >= 0.3 is 5.97 Å². The Labute approximate surface area is 184 Å². The van der Waals surface area contributed by atoms with Crippen LogP contribution < -0.4 is 9.47 Å². The van der Waals surface area contributed by atoms with Crippen molar-refractivity contribution in [2.45, 2.75) is 25.7 Å². The third kappa shape index (κ3) is 9.24. The summed E-state index contributed by atoms with van der Waals surface area (Å²) in [5.74, 6) is 1.32. The third-order valence-electron chi connectivity index (χ3n) is 4.56. The summed E-state index contributed by atoms with van der Waals surface area (Å²) >= 11 is 0. The number of hydrogen-bond acceptors (Lipinski definition) is 6. The SMILES string of the molecule is C=C(OCCCCOCCCCOC)c1ccc(C(=O)Oc2ccc(OC)cc2)cc1. The van der Waals surface area contributed by atoms with Crippen molar-refractivity contribution in [2.75, 3.05) is 40.6 Å². The highest BCUT2D eigenvalue weighted by Crippen LogP contribution is 2.20. The Morgan fingerprint density at radius 3 is 1.90 bits per heavy atom. The van der Waals surface area contributed by atoms with Crippen molar-refractivity contribution in [3.8, 4) is 11.5 Å². The van der Waals surface area contributed by atoms with Crippen molar-refractivity contribution in [3.63, 3.8) is 0 Å². The summed E-state index contributed by atoms with van der Waals surface area (Å²) in [6.45, 7) is 6.82. The van der Waals surface area contributed by atoms with Crippen LogP contribution in [0.3, 0.4) is 0 Å². The van der Waals surface area contributed by atoms with E-state index in [9.17, 15) is 4.79 Å². The molecule has 31 heavy (non-hydrogen) atoms. The van der Waals surface area contributed by atoms with E-state index in [2.05, 4.69) is 6.58 Å². The molecular formula is C25H32O6. The Kier molecular flexibility index (Phi) is 11.2. The van der Waals surface area contributed by atoms with E-state index >= 15 is 0 Å². The van der Waals surface area contributed by atoms with E-state index in [0.717, 1.165) is 51.1 Å². The summed E-state index contributed by atoms with van der Waals surface area (Å²) < 4.78 is 26.8. The molecular weight excluding hydrogens is 396 g/mol. The smallest absolute Gasteiger partial charge is 0.343 e. The molecule has 0 atom stereocenters. The third-order valence-corrected chi connectivity index (χ3v) is 4.56. The fourth-order valence-electron chi connectivity index (χ4n) is 2.74. The summed E-state index contributed by atoms with van der Waals surface area (Å²) in [6.07, 6.45) is 3.87. The lowest BCUT2D eigenvalue weighted by molar-refractivity contribution is 0.0734. The minimum Gasteiger partial charge on any atom is -0.497 e. The first-order valence-corrected chi connectivity index (χ1v) is 10.5. The lowest BCUT2D eigenvalue weighted by Gasteiger charge is -2.10. The maximum atomic E-state index is 12.3. The van der Waals surface area contributed by atoms with E-state index in [-0.39, 0.29) is 0 Å². The predicted molar refractivity (Wildman–Crippen MR) is 121 cm³/mol. The zero-order valence-electron chi connectivity index (χ0n) is 18.4. The van der Waals surface area contributed by atoms with E-state index in [1.165, 1.54) is 0 Å². The van der Waals surface area contributed by atoms with E-state index in [1.807, 2.05) is 0 Å². The number of carbonyl (C=O) groups excluding carboxylic acids is 1. The zero-order chi connectivity index (χ0) is 22.3. The molecule has 0 radical (unpaired) electrons. The van der Waals surface area contributed by atoms with Gasteiger partial charge in [0.1, 0.15) is 17.3 Å². The Hall–Kier alpha value is -2.83. The summed E-state index contributed by atoms with van der Waals surface area (Å²) in [5.41, 5.74) is 1.28. The van der Waals surface area contributed by atoms with Gasteiger partial charge in [0.2, 0.25) is 0 Å². The highest BCUT2D eigenvalue weighted by molar-refractivity contribution is 5.91. The van der Waals surface area contributed by atoms with Gasteiger partial charge in [0.15, 0.2) is 0 Å². The number of esters is 1.